The van der Waals surface area contributed by atoms with Crippen LogP contribution >= 0.6 is 0 Å². The summed E-state index contributed by atoms with van der Waals surface area (Å²) in [5.74, 6) is -0.545. The first-order chi connectivity index (χ1) is 15.1. The van der Waals surface area contributed by atoms with E-state index in [1.807, 2.05) is 67.6 Å². The number of amides is 1. The maximum absolute atomic E-state index is 13.3. The first-order valence-corrected chi connectivity index (χ1v) is 11.0. The molecule has 1 N–H and O–H groups in total. The van der Waals surface area contributed by atoms with Crippen LogP contribution in [-0.2, 0) is 27.4 Å². The second kappa shape index (κ2) is 11.6. The van der Waals surface area contributed by atoms with E-state index in [9.17, 15) is 14.7 Å². The first kappa shape index (κ1) is 23.0. The molecule has 3 rings (SSSR count). The summed E-state index contributed by atoms with van der Waals surface area (Å²) in [5, 5.41) is 9.90. The Bertz CT molecular complexity index is 786. The number of aliphatic hydroxyl groups is 1. The molecule has 6 heteroatoms. The Labute approximate surface area is 184 Å². The summed E-state index contributed by atoms with van der Waals surface area (Å²) >= 11 is 0. The predicted molar refractivity (Wildman–Crippen MR) is 119 cm³/mol. The highest BCUT2D eigenvalue weighted by molar-refractivity contribution is 5.88. The van der Waals surface area contributed by atoms with Gasteiger partial charge in [0.2, 0.25) is 5.91 Å². The quantitative estimate of drug-likeness (QED) is 0.444. The predicted octanol–water partition coefficient (Wildman–Crippen LogP) is 2.99. The molecule has 2 aromatic carbocycles. The van der Waals surface area contributed by atoms with Crippen molar-refractivity contribution < 1.29 is 19.4 Å². The number of esters is 1. The molecule has 1 aliphatic heterocycles. The maximum atomic E-state index is 13.3. The van der Waals surface area contributed by atoms with E-state index in [1.54, 1.807) is 0 Å². The molecule has 0 saturated carbocycles. The third-order valence-corrected chi connectivity index (χ3v) is 5.67. The van der Waals surface area contributed by atoms with E-state index in [1.165, 1.54) is 4.90 Å². The minimum absolute atomic E-state index is 0.116. The lowest BCUT2D eigenvalue weighted by Crippen LogP contribution is -2.44. The lowest BCUT2D eigenvalue weighted by atomic mass is 10.1. The number of unbranched alkanes of at least 4 members (excludes halogenated alkanes) is 1. The molecule has 1 aliphatic rings. The van der Waals surface area contributed by atoms with Crippen LogP contribution in [0.4, 0.5) is 0 Å². The highest BCUT2D eigenvalue weighted by atomic mass is 16.5. The minimum atomic E-state index is -0.418. The average Bonchev–Trinajstić information content (AvgIpc) is 3.10. The smallest absolute Gasteiger partial charge is 0.325 e. The number of carbonyl (C=O) groups is 2. The zero-order chi connectivity index (χ0) is 22.1. The van der Waals surface area contributed by atoms with Gasteiger partial charge in [0, 0.05) is 13.1 Å². The van der Waals surface area contributed by atoms with E-state index in [2.05, 4.69) is 4.90 Å². The molecule has 0 unspecified atom stereocenters. The third kappa shape index (κ3) is 6.39. The monoisotopic (exact) mass is 424 g/mol. The number of hydrogen-bond acceptors (Lipinski definition) is 5. The topological polar surface area (TPSA) is 70.1 Å². The zero-order valence-electron chi connectivity index (χ0n) is 18.2. The van der Waals surface area contributed by atoms with Crippen molar-refractivity contribution in [3.8, 4) is 0 Å². The van der Waals surface area contributed by atoms with Gasteiger partial charge in [-0.15, -0.1) is 0 Å². The van der Waals surface area contributed by atoms with Gasteiger partial charge < -0.3 is 14.7 Å². The van der Waals surface area contributed by atoms with Crippen LogP contribution in [-0.4, -0.2) is 58.6 Å². The molecule has 1 heterocycles. The zero-order valence-corrected chi connectivity index (χ0v) is 18.2. The van der Waals surface area contributed by atoms with Crippen LogP contribution < -0.4 is 0 Å². The van der Waals surface area contributed by atoms with Gasteiger partial charge in [0.25, 0.3) is 0 Å². The van der Waals surface area contributed by atoms with Crippen LogP contribution in [0.15, 0.2) is 60.7 Å². The Hall–Kier alpha value is -2.70. The highest BCUT2D eigenvalue weighted by Crippen LogP contribution is 2.26. The van der Waals surface area contributed by atoms with Crippen LogP contribution in [0.5, 0.6) is 0 Å². The molecule has 166 valence electrons. The van der Waals surface area contributed by atoms with Crippen molar-refractivity contribution in [2.45, 2.75) is 51.4 Å². The Morgan fingerprint density at radius 1 is 1.06 bits per heavy atom. The third-order valence-electron chi connectivity index (χ3n) is 5.67. The van der Waals surface area contributed by atoms with Crippen molar-refractivity contribution >= 4 is 11.9 Å². The molecule has 1 saturated heterocycles. The first-order valence-electron chi connectivity index (χ1n) is 11.0. The van der Waals surface area contributed by atoms with Gasteiger partial charge in [-0.3, -0.25) is 14.5 Å². The standard InChI is InChI=1S/C25H32N2O4/c1-2-3-14-31-24(29)18-27-22(19-28)15-23(25(27)30)26(16-20-10-6-4-7-11-20)17-21-12-8-5-9-13-21/h4-13,22-23,28H,2-3,14-19H2,1H3/t22-,23-/m0/s1. The number of aliphatic hydroxyl groups excluding tert-OH is 1. The summed E-state index contributed by atoms with van der Waals surface area (Å²) in [5.41, 5.74) is 2.23. The maximum Gasteiger partial charge on any atom is 0.325 e. The normalized spacial score (nSPS) is 18.5. The highest BCUT2D eigenvalue weighted by Gasteiger charge is 2.43. The van der Waals surface area contributed by atoms with Crippen LogP contribution in [0.2, 0.25) is 0 Å². The number of rotatable bonds is 11. The van der Waals surface area contributed by atoms with Crippen molar-refractivity contribution in [2.75, 3.05) is 19.8 Å². The van der Waals surface area contributed by atoms with Crippen molar-refractivity contribution in [2.24, 2.45) is 0 Å². The van der Waals surface area contributed by atoms with Gasteiger partial charge in [-0.25, -0.2) is 0 Å². The van der Waals surface area contributed by atoms with E-state index in [0.29, 0.717) is 26.1 Å². The number of hydrogen-bond donors (Lipinski definition) is 1. The lowest BCUT2D eigenvalue weighted by molar-refractivity contribution is -0.150. The van der Waals surface area contributed by atoms with E-state index < -0.39 is 12.0 Å². The van der Waals surface area contributed by atoms with Crippen LogP contribution in [0.1, 0.15) is 37.3 Å². The molecule has 6 nitrogen and oxygen atoms in total. The number of carbonyl (C=O) groups excluding carboxylic acids is 2. The molecule has 0 aliphatic carbocycles. The molecule has 1 fully saturated rings. The molecule has 1 amide bonds. The molecule has 0 bridgehead atoms. The molecule has 0 spiro atoms. The van der Waals surface area contributed by atoms with E-state index in [4.69, 9.17) is 4.74 Å². The van der Waals surface area contributed by atoms with Crippen molar-refractivity contribution in [3.63, 3.8) is 0 Å². The van der Waals surface area contributed by atoms with Crippen LogP contribution in [0.3, 0.4) is 0 Å². The summed E-state index contributed by atoms with van der Waals surface area (Å²) in [6.07, 6.45) is 2.22. The van der Waals surface area contributed by atoms with Crippen molar-refractivity contribution in [1.29, 1.82) is 0 Å². The van der Waals surface area contributed by atoms with Gasteiger partial charge in [-0.05, 0) is 24.0 Å². The van der Waals surface area contributed by atoms with Gasteiger partial charge in [-0.2, -0.15) is 0 Å². The average molecular weight is 425 g/mol. The Balaban J connectivity index is 1.75. The summed E-state index contributed by atoms with van der Waals surface area (Å²) in [4.78, 5) is 29.2. The Kier molecular flexibility index (Phi) is 8.62. The molecule has 0 radical (unpaired) electrons. The number of benzene rings is 2. The molecule has 2 aromatic rings. The van der Waals surface area contributed by atoms with E-state index in [-0.39, 0.29) is 25.1 Å². The fourth-order valence-electron chi connectivity index (χ4n) is 3.97. The SMILES string of the molecule is CCCCOC(=O)CN1C(=O)[C@@H](N(Cc2ccccc2)Cc2ccccc2)C[C@H]1CO. The van der Waals surface area contributed by atoms with Gasteiger partial charge >= 0.3 is 5.97 Å². The van der Waals surface area contributed by atoms with Crippen LogP contribution in [0, 0.1) is 0 Å². The van der Waals surface area contributed by atoms with Gasteiger partial charge in [0.05, 0.1) is 25.3 Å². The summed E-state index contributed by atoms with van der Waals surface area (Å²) in [6.45, 7) is 3.32. The largest absolute Gasteiger partial charge is 0.464 e. The Morgan fingerprint density at radius 3 is 2.16 bits per heavy atom. The minimum Gasteiger partial charge on any atom is -0.464 e. The Morgan fingerprint density at radius 2 is 1.65 bits per heavy atom. The van der Waals surface area contributed by atoms with Gasteiger partial charge in [0.15, 0.2) is 0 Å². The summed E-state index contributed by atoms with van der Waals surface area (Å²) in [7, 11) is 0. The van der Waals surface area contributed by atoms with Crippen molar-refractivity contribution in [3.05, 3.63) is 71.8 Å². The fraction of sp³-hybridized carbons (Fsp3) is 0.440. The molecule has 2 atom stereocenters. The van der Waals surface area contributed by atoms with Crippen LogP contribution in [0.25, 0.3) is 0 Å². The fourth-order valence-corrected chi connectivity index (χ4v) is 3.97. The van der Waals surface area contributed by atoms with Crippen molar-refractivity contribution in [1.82, 2.24) is 9.80 Å². The van der Waals surface area contributed by atoms with Gasteiger partial charge in [0.1, 0.15) is 6.54 Å². The summed E-state index contributed by atoms with van der Waals surface area (Å²) in [6, 6.07) is 19.3. The van der Waals surface area contributed by atoms with Gasteiger partial charge in [-0.1, -0.05) is 74.0 Å². The lowest BCUT2D eigenvalue weighted by Gasteiger charge is -2.28. The number of nitrogens with zero attached hydrogens (tertiary/aromatic N) is 2. The van der Waals surface area contributed by atoms with E-state index in [0.717, 1.165) is 24.0 Å². The summed E-state index contributed by atoms with van der Waals surface area (Å²) < 4.78 is 5.24. The molecular weight excluding hydrogens is 392 g/mol. The molecular formula is C25H32N2O4. The number of ether oxygens (including phenoxy) is 1. The number of likely N-dealkylation sites (tertiary alicyclic amines) is 1. The second-order valence-electron chi connectivity index (χ2n) is 8.00. The molecule has 0 aromatic heterocycles. The molecule has 31 heavy (non-hydrogen) atoms. The second-order valence-corrected chi connectivity index (χ2v) is 8.00. The van der Waals surface area contributed by atoms with E-state index >= 15 is 0 Å².